The predicted octanol–water partition coefficient (Wildman–Crippen LogP) is 0.328. The summed E-state index contributed by atoms with van der Waals surface area (Å²) in [7, 11) is 1.68. The highest BCUT2D eigenvalue weighted by Crippen LogP contribution is 2.10. The number of hydrogen-bond acceptors (Lipinski definition) is 4. The standard InChI is InChI=1S/C9H14N4O/c1-7-3-5-8(6-4-7)14-9(10)12-13-11-2/h3-6,11,13H,1-2H3,(H2,10,12). The van der Waals surface area contributed by atoms with Gasteiger partial charge in [-0.05, 0) is 19.1 Å². The number of nitrogens with zero attached hydrogens (tertiary/aromatic N) is 1. The number of hydrazone groups is 1. The van der Waals surface area contributed by atoms with Crippen molar-refractivity contribution in [1.29, 1.82) is 0 Å². The Morgan fingerprint density at radius 2 is 2.00 bits per heavy atom. The van der Waals surface area contributed by atoms with Crippen molar-refractivity contribution in [3.8, 4) is 5.75 Å². The van der Waals surface area contributed by atoms with E-state index in [0.29, 0.717) is 5.75 Å². The first kappa shape index (κ1) is 10.3. The van der Waals surface area contributed by atoms with E-state index in [1.165, 1.54) is 5.56 Å². The maximum Gasteiger partial charge on any atom is 0.310 e. The molecular weight excluding hydrogens is 180 g/mol. The van der Waals surface area contributed by atoms with Crippen molar-refractivity contribution in [2.75, 3.05) is 7.05 Å². The third-order valence-electron chi connectivity index (χ3n) is 1.52. The second kappa shape index (κ2) is 5.08. The molecule has 0 heterocycles. The maximum atomic E-state index is 5.46. The highest BCUT2D eigenvalue weighted by molar-refractivity contribution is 5.73. The van der Waals surface area contributed by atoms with E-state index < -0.39 is 0 Å². The summed E-state index contributed by atoms with van der Waals surface area (Å²) in [6, 6.07) is 7.60. The Morgan fingerprint density at radius 3 is 2.57 bits per heavy atom. The quantitative estimate of drug-likeness (QED) is 0.368. The fourth-order valence-electron chi connectivity index (χ4n) is 0.861. The molecule has 5 heteroatoms. The Hall–Kier alpha value is -1.75. The molecule has 0 bridgehead atoms. The summed E-state index contributed by atoms with van der Waals surface area (Å²) in [5.41, 5.74) is 11.7. The molecule has 0 saturated heterocycles. The Morgan fingerprint density at radius 1 is 1.36 bits per heavy atom. The van der Waals surface area contributed by atoms with Gasteiger partial charge in [0.05, 0.1) is 0 Å². The van der Waals surface area contributed by atoms with E-state index in [-0.39, 0.29) is 6.02 Å². The summed E-state index contributed by atoms with van der Waals surface area (Å²) in [6.45, 7) is 2.00. The van der Waals surface area contributed by atoms with Crippen LogP contribution in [-0.4, -0.2) is 13.1 Å². The molecule has 0 aromatic heterocycles. The largest absolute Gasteiger partial charge is 0.425 e. The number of amidine groups is 1. The average Bonchev–Trinajstić information content (AvgIpc) is 2.18. The third-order valence-corrected chi connectivity index (χ3v) is 1.52. The number of aryl methyl sites for hydroxylation is 1. The summed E-state index contributed by atoms with van der Waals surface area (Å²) in [5.74, 6) is 0.662. The molecule has 76 valence electrons. The SMILES string of the molecule is CNNN=C(N)Oc1ccc(C)cc1. The van der Waals surface area contributed by atoms with Crippen molar-refractivity contribution in [1.82, 2.24) is 11.0 Å². The Kier molecular flexibility index (Phi) is 3.75. The molecule has 0 spiro atoms. The van der Waals surface area contributed by atoms with Crippen LogP contribution >= 0.6 is 0 Å². The Bertz CT molecular complexity index is 307. The van der Waals surface area contributed by atoms with Crippen LogP contribution in [-0.2, 0) is 0 Å². The molecule has 0 aliphatic carbocycles. The summed E-state index contributed by atoms with van der Waals surface area (Å²) < 4.78 is 5.20. The van der Waals surface area contributed by atoms with Crippen LogP contribution < -0.4 is 21.4 Å². The molecular formula is C9H14N4O. The van der Waals surface area contributed by atoms with Gasteiger partial charge in [0.2, 0.25) is 0 Å². The van der Waals surface area contributed by atoms with E-state index >= 15 is 0 Å². The molecule has 1 aromatic rings. The lowest BCUT2D eigenvalue weighted by molar-refractivity contribution is 0.516. The monoisotopic (exact) mass is 194 g/mol. The predicted molar refractivity (Wildman–Crippen MR) is 55.6 cm³/mol. The van der Waals surface area contributed by atoms with Crippen molar-refractivity contribution in [2.24, 2.45) is 10.8 Å². The molecule has 0 atom stereocenters. The van der Waals surface area contributed by atoms with Gasteiger partial charge in [0.1, 0.15) is 5.75 Å². The fraction of sp³-hybridized carbons (Fsp3) is 0.222. The van der Waals surface area contributed by atoms with Gasteiger partial charge in [-0.25, -0.2) is 11.0 Å². The van der Waals surface area contributed by atoms with Crippen LogP contribution in [0.25, 0.3) is 0 Å². The second-order valence-corrected chi connectivity index (χ2v) is 2.73. The zero-order chi connectivity index (χ0) is 10.4. The van der Waals surface area contributed by atoms with E-state index in [0.717, 1.165) is 0 Å². The van der Waals surface area contributed by atoms with Crippen LogP contribution in [0.2, 0.25) is 0 Å². The van der Waals surface area contributed by atoms with Crippen LogP contribution in [0.4, 0.5) is 0 Å². The first-order valence-corrected chi connectivity index (χ1v) is 4.22. The molecule has 14 heavy (non-hydrogen) atoms. The maximum absolute atomic E-state index is 5.46. The molecule has 0 aliphatic heterocycles. The summed E-state index contributed by atoms with van der Waals surface area (Å²) in [4.78, 5) is 0. The highest BCUT2D eigenvalue weighted by atomic mass is 16.5. The minimum Gasteiger partial charge on any atom is -0.425 e. The number of hydrogen-bond donors (Lipinski definition) is 3. The van der Waals surface area contributed by atoms with Gasteiger partial charge >= 0.3 is 6.02 Å². The Balaban J connectivity index is 2.56. The van der Waals surface area contributed by atoms with Gasteiger partial charge in [0, 0.05) is 7.05 Å². The van der Waals surface area contributed by atoms with Gasteiger partial charge in [0.15, 0.2) is 0 Å². The molecule has 1 rings (SSSR count). The molecule has 1 aromatic carbocycles. The minimum atomic E-state index is 0.0585. The van der Waals surface area contributed by atoms with E-state index in [1.54, 1.807) is 7.05 Å². The topological polar surface area (TPSA) is 71.7 Å². The number of benzene rings is 1. The third kappa shape index (κ3) is 3.32. The van der Waals surface area contributed by atoms with Gasteiger partial charge < -0.3 is 10.5 Å². The summed E-state index contributed by atoms with van der Waals surface area (Å²) in [6.07, 6.45) is 0. The summed E-state index contributed by atoms with van der Waals surface area (Å²) >= 11 is 0. The number of nitrogens with one attached hydrogen (secondary N) is 2. The molecule has 4 N–H and O–H groups in total. The van der Waals surface area contributed by atoms with Gasteiger partial charge in [-0.1, -0.05) is 17.7 Å². The lowest BCUT2D eigenvalue weighted by Crippen LogP contribution is -2.29. The van der Waals surface area contributed by atoms with Crippen LogP contribution in [0.1, 0.15) is 5.56 Å². The van der Waals surface area contributed by atoms with E-state index in [2.05, 4.69) is 16.1 Å². The zero-order valence-electron chi connectivity index (χ0n) is 8.24. The van der Waals surface area contributed by atoms with Crippen LogP contribution in [0, 0.1) is 6.92 Å². The first-order valence-electron chi connectivity index (χ1n) is 4.22. The van der Waals surface area contributed by atoms with Gasteiger partial charge in [-0.2, -0.15) is 0 Å². The number of nitrogens with two attached hydrogens (primary N) is 1. The van der Waals surface area contributed by atoms with Gasteiger partial charge in [-0.3, -0.25) is 0 Å². The van der Waals surface area contributed by atoms with E-state index in [1.807, 2.05) is 31.2 Å². The zero-order valence-corrected chi connectivity index (χ0v) is 8.24. The van der Waals surface area contributed by atoms with Crippen LogP contribution in [0.5, 0.6) is 5.75 Å². The number of hydrazine groups is 1. The van der Waals surface area contributed by atoms with E-state index in [9.17, 15) is 0 Å². The molecule has 0 radical (unpaired) electrons. The molecule has 0 saturated carbocycles. The average molecular weight is 194 g/mol. The molecule has 0 unspecified atom stereocenters. The second-order valence-electron chi connectivity index (χ2n) is 2.73. The van der Waals surface area contributed by atoms with Crippen LogP contribution in [0.3, 0.4) is 0 Å². The lowest BCUT2D eigenvalue weighted by atomic mass is 10.2. The summed E-state index contributed by atoms with van der Waals surface area (Å²) in [5, 5.41) is 3.67. The van der Waals surface area contributed by atoms with Gasteiger partial charge in [-0.15, -0.1) is 5.10 Å². The first-order chi connectivity index (χ1) is 6.72. The molecule has 5 nitrogen and oxygen atoms in total. The number of ether oxygens (including phenoxy) is 1. The smallest absolute Gasteiger partial charge is 0.310 e. The van der Waals surface area contributed by atoms with Crippen LogP contribution in [0.15, 0.2) is 29.4 Å². The molecule has 0 amide bonds. The highest BCUT2D eigenvalue weighted by Gasteiger charge is 1.95. The molecule has 0 fully saturated rings. The minimum absolute atomic E-state index is 0.0585. The van der Waals surface area contributed by atoms with Crippen molar-refractivity contribution in [3.05, 3.63) is 29.8 Å². The lowest BCUT2D eigenvalue weighted by Gasteiger charge is -2.04. The van der Waals surface area contributed by atoms with Crippen molar-refractivity contribution >= 4 is 6.02 Å². The van der Waals surface area contributed by atoms with Crippen molar-refractivity contribution < 1.29 is 4.74 Å². The number of rotatable bonds is 3. The Labute approximate surface area is 82.9 Å². The van der Waals surface area contributed by atoms with E-state index in [4.69, 9.17) is 10.5 Å². The van der Waals surface area contributed by atoms with Crippen molar-refractivity contribution in [3.63, 3.8) is 0 Å². The van der Waals surface area contributed by atoms with Crippen molar-refractivity contribution in [2.45, 2.75) is 6.92 Å². The fourth-order valence-corrected chi connectivity index (χ4v) is 0.861. The molecule has 0 aliphatic rings. The normalized spacial score (nSPS) is 11.1. The van der Waals surface area contributed by atoms with Gasteiger partial charge in [0.25, 0.3) is 0 Å².